The van der Waals surface area contributed by atoms with Crippen molar-refractivity contribution in [2.24, 2.45) is 0 Å². The van der Waals surface area contributed by atoms with Gasteiger partial charge in [0, 0.05) is 13.3 Å². The first-order valence-electron chi connectivity index (χ1n) is 4.03. The normalized spacial score (nSPS) is 13.1. The van der Waals surface area contributed by atoms with Crippen molar-refractivity contribution in [3.8, 4) is 0 Å². The van der Waals surface area contributed by atoms with E-state index < -0.39 is 0 Å². The second-order valence-corrected chi connectivity index (χ2v) is 3.89. The highest BCUT2D eigenvalue weighted by molar-refractivity contribution is 7.15. The number of nitrogens with zero attached hydrogens (tertiary/aromatic N) is 1. The number of rotatable bonds is 5. The van der Waals surface area contributed by atoms with Crippen LogP contribution in [0.2, 0.25) is 0 Å². The van der Waals surface area contributed by atoms with Gasteiger partial charge in [-0.25, -0.2) is 4.98 Å². The number of nitrogens with two attached hydrogens (primary N) is 1. The Morgan fingerprint density at radius 2 is 2.46 bits per heavy atom. The summed E-state index contributed by atoms with van der Waals surface area (Å²) in [6.07, 6.45) is 1.84. The van der Waals surface area contributed by atoms with E-state index in [0.717, 1.165) is 4.88 Å². The van der Waals surface area contributed by atoms with E-state index in [9.17, 15) is 0 Å². The number of nitrogen functional groups attached to an aromatic ring is 1. The van der Waals surface area contributed by atoms with E-state index in [1.165, 1.54) is 11.3 Å². The lowest BCUT2D eigenvalue weighted by Crippen LogP contribution is -2.14. The maximum atomic E-state index is 5.47. The Labute approximate surface area is 81.7 Å². The van der Waals surface area contributed by atoms with Crippen LogP contribution < -0.4 is 5.73 Å². The monoisotopic (exact) mass is 202 g/mol. The molecule has 1 heterocycles. The number of anilines is 1. The molecule has 0 saturated heterocycles. The number of aromatic nitrogens is 1. The van der Waals surface area contributed by atoms with E-state index in [2.05, 4.69) is 4.98 Å². The van der Waals surface area contributed by atoms with Gasteiger partial charge in [-0.3, -0.25) is 0 Å². The SMILES string of the molecule is COCC(C)OCc1cnc(N)s1. The second kappa shape index (κ2) is 5.16. The number of ether oxygens (including phenoxy) is 2. The van der Waals surface area contributed by atoms with Crippen molar-refractivity contribution in [3.05, 3.63) is 11.1 Å². The lowest BCUT2D eigenvalue weighted by atomic mass is 10.4. The lowest BCUT2D eigenvalue weighted by molar-refractivity contribution is 0.000872. The van der Waals surface area contributed by atoms with Gasteiger partial charge in [-0.05, 0) is 6.92 Å². The third-order valence-electron chi connectivity index (χ3n) is 1.48. The Hall–Kier alpha value is -0.650. The van der Waals surface area contributed by atoms with Crippen LogP contribution in [-0.2, 0) is 16.1 Å². The zero-order chi connectivity index (χ0) is 9.68. The van der Waals surface area contributed by atoms with Crippen molar-refractivity contribution in [3.63, 3.8) is 0 Å². The molecule has 13 heavy (non-hydrogen) atoms. The molecule has 0 bridgehead atoms. The summed E-state index contributed by atoms with van der Waals surface area (Å²) in [5, 5.41) is 0.581. The van der Waals surface area contributed by atoms with Crippen molar-refractivity contribution < 1.29 is 9.47 Å². The summed E-state index contributed by atoms with van der Waals surface area (Å²) in [4.78, 5) is 4.97. The third-order valence-corrected chi connectivity index (χ3v) is 2.28. The standard InChI is InChI=1S/C8H14N2O2S/c1-6(4-11-2)12-5-7-3-10-8(9)13-7/h3,6H,4-5H2,1-2H3,(H2,9,10). The van der Waals surface area contributed by atoms with E-state index in [4.69, 9.17) is 15.2 Å². The highest BCUT2D eigenvalue weighted by atomic mass is 32.1. The van der Waals surface area contributed by atoms with Crippen LogP contribution in [0.3, 0.4) is 0 Å². The van der Waals surface area contributed by atoms with Crippen LogP contribution in [-0.4, -0.2) is 24.8 Å². The predicted octanol–water partition coefficient (Wildman–Crippen LogP) is 1.28. The first kappa shape index (κ1) is 10.4. The van der Waals surface area contributed by atoms with Gasteiger partial charge in [0.05, 0.1) is 24.2 Å². The van der Waals surface area contributed by atoms with Crippen molar-refractivity contribution in [1.29, 1.82) is 0 Å². The quantitative estimate of drug-likeness (QED) is 0.781. The molecule has 4 nitrogen and oxygen atoms in total. The van der Waals surface area contributed by atoms with Gasteiger partial charge in [-0.15, -0.1) is 0 Å². The van der Waals surface area contributed by atoms with Gasteiger partial charge < -0.3 is 15.2 Å². The summed E-state index contributed by atoms with van der Waals surface area (Å²) in [6.45, 7) is 3.13. The molecule has 0 spiro atoms. The van der Waals surface area contributed by atoms with Crippen molar-refractivity contribution in [2.75, 3.05) is 19.5 Å². The van der Waals surface area contributed by atoms with Gasteiger partial charge in [0.1, 0.15) is 0 Å². The van der Waals surface area contributed by atoms with Gasteiger partial charge in [0.15, 0.2) is 5.13 Å². The summed E-state index contributed by atoms with van der Waals surface area (Å²) in [5.41, 5.74) is 5.47. The number of methoxy groups -OCH3 is 1. The summed E-state index contributed by atoms with van der Waals surface area (Å²) >= 11 is 1.45. The molecule has 0 aliphatic rings. The zero-order valence-corrected chi connectivity index (χ0v) is 8.63. The first-order chi connectivity index (χ1) is 6.22. The fourth-order valence-corrected chi connectivity index (χ4v) is 1.50. The van der Waals surface area contributed by atoms with Crippen molar-refractivity contribution in [2.45, 2.75) is 19.6 Å². The predicted molar refractivity (Wildman–Crippen MR) is 52.7 cm³/mol. The number of thiazole rings is 1. The van der Waals surface area contributed by atoms with Crippen LogP contribution >= 0.6 is 11.3 Å². The molecule has 74 valence electrons. The molecule has 0 amide bonds. The van der Waals surface area contributed by atoms with E-state index in [1.54, 1.807) is 13.3 Å². The van der Waals surface area contributed by atoms with Crippen LogP contribution in [0.5, 0.6) is 0 Å². The van der Waals surface area contributed by atoms with E-state index in [-0.39, 0.29) is 6.10 Å². The lowest BCUT2D eigenvalue weighted by Gasteiger charge is -2.10. The molecular formula is C8H14N2O2S. The van der Waals surface area contributed by atoms with Gasteiger partial charge >= 0.3 is 0 Å². The average Bonchev–Trinajstić information content (AvgIpc) is 2.49. The van der Waals surface area contributed by atoms with E-state index in [1.807, 2.05) is 6.92 Å². The molecule has 5 heteroatoms. The van der Waals surface area contributed by atoms with E-state index >= 15 is 0 Å². The Morgan fingerprint density at radius 1 is 1.69 bits per heavy atom. The first-order valence-corrected chi connectivity index (χ1v) is 4.84. The Kier molecular flexibility index (Phi) is 4.14. The Morgan fingerprint density at radius 3 is 3.00 bits per heavy atom. The highest BCUT2D eigenvalue weighted by Gasteiger charge is 2.03. The van der Waals surface area contributed by atoms with Gasteiger partial charge in [0.25, 0.3) is 0 Å². The summed E-state index contributed by atoms with van der Waals surface area (Å²) in [5.74, 6) is 0. The smallest absolute Gasteiger partial charge is 0.180 e. The minimum absolute atomic E-state index is 0.105. The topological polar surface area (TPSA) is 57.4 Å². The molecule has 0 aliphatic carbocycles. The van der Waals surface area contributed by atoms with Gasteiger partial charge in [-0.1, -0.05) is 11.3 Å². The van der Waals surface area contributed by atoms with Crippen molar-refractivity contribution >= 4 is 16.5 Å². The molecule has 2 N–H and O–H groups in total. The van der Waals surface area contributed by atoms with Crippen LogP contribution in [0, 0.1) is 0 Å². The van der Waals surface area contributed by atoms with Crippen LogP contribution in [0.15, 0.2) is 6.20 Å². The van der Waals surface area contributed by atoms with E-state index in [0.29, 0.717) is 18.3 Å². The largest absolute Gasteiger partial charge is 0.382 e. The minimum atomic E-state index is 0.105. The maximum Gasteiger partial charge on any atom is 0.180 e. The Balaban J connectivity index is 2.26. The summed E-state index contributed by atoms with van der Waals surface area (Å²) < 4.78 is 10.4. The van der Waals surface area contributed by atoms with Crippen LogP contribution in [0.25, 0.3) is 0 Å². The fourth-order valence-electron chi connectivity index (χ4n) is 0.897. The highest BCUT2D eigenvalue weighted by Crippen LogP contribution is 2.15. The summed E-state index contributed by atoms with van der Waals surface area (Å²) in [7, 11) is 1.66. The minimum Gasteiger partial charge on any atom is -0.382 e. The molecule has 1 atom stereocenters. The number of hydrogen-bond acceptors (Lipinski definition) is 5. The van der Waals surface area contributed by atoms with Crippen LogP contribution in [0.1, 0.15) is 11.8 Å². The molecule has 0 saturated carbocycles. The average molecular weight is 202 g/mol. The zero-order valence-electron chi connectivity index (χ0n) is 7.82. The van der Waals surface area contributed by atoms with Crippen molar-refractivity contribution in [1.82, 2.24) is 4.98 Å². The van der Waals surface area contributed by atoms with Gasteiger partial charge in [0.2, 0.25) is 0 Å². The molecule has 0 fully saturated rings. The fraction of sp³-hybridized carbons (Fsp3) is 0.625. The Bertz CT molecular complexity index is 252. The van der Waals surface area contributed by atoms with Gasteiger partial charge in [-0.2, -0.15) is 0 Å². The molecule has 1 aromatic rings. The molecule has 0 aliphatic heterocycles. The van der Waals surface area contributed by atoms with Crippen LogP contribution in [0.4, 0.5) is 5.13 Å². The maximum absolute atomic E-state index is 5.47. The molecule has 1 aromatic heterocycles. The molecular weight excluding hydrogens is 188 g/mol. The second-order valence-electron chi connectivity index (χ2n) is 2.74. The molecule has 0 radical (unpaired) electrons. The molecule has 1 unspecified atom stereocenters. The summed E-state index contributed by atoms with van der Waals surface area (Å²) in [6, 6.07) is 0. The number of hydrogen-bond donors (Lipinski definition) is 1. The molecule has 1 rings (SSSR count). The molecule has 0 aromatic carbocycles. The third kappa shape index (κ3) is 3.71.